The molecule has 4 heteroatoms. The maximum atomic E-state index is 6.23. The fraction of sp³-hybridized carbons (Fsp3) is 0.333. The molecule has 98 valence electrons. The van der Waals surface area contributed by atoms with Crippen molar-refractivity contribution < 1.29 is 0 Å². The third-order valence-electron chi connectivity index (χ3n) is 3.97. The molecule has 19 heavy (non-hydrogen) atoms. The summed E-state index contributed by atoms with van der Waals surface area (Å²) in [6, 6.07) is 10.6. The highest BCUT2D eigenvalue weighted by Gasteiger charge is 2.33. The highest BCUT2D eigenvalue weighted by molar-refractivity contribution is 6.32. The Bertz CT molecular complexity index is 613. The molecule has 1 heterocycles. The van der Waals surface area contributed by atoms with E-state index in [-0.39, 0.29) is 10.7 Å². The monoisotopic (exact) mass is 292 g/mol. The number of benzene rings is 1. The van der Waals surface area contributed by atoms with Crippen molar-refractivity contribution in [2.75, 3.05) is 0 Å². The van der Waals surface area contributed by atoms with Crippen LogP contribution in [0.4, 0.5) is 0 Å². The van der Waals surface area contributed by atoms with E-state index in [1.54, 1.807) is 0 Å². The number of hydrogen-bond acceptors (Lipinski definition) is 2. The maximum absolute atomic E-state index is 6.23. The van der Waals surface area contributed by atoms with Gasteiger partial charge in [-0.15, -0.1) is 0 Å². The summed E-state index contributed by atoms with van der Waals surface area (Å²) in [5, 5.41) is 0.740. The molecule has 0 saturated carbocycles. The van der Waals surface area contributed by atoms with Crippen molar-refractivity contribution in [2.45, 2.75) is 31.6 Å². The topological polar surface area (TPSA) is 25.8 Å². The Morgan fingerprint density at radius 1 is 1.11 bits per heavy atom. The molecule has 0 bridgehead atoms. The van der Waals surface area contributed by atoms with Crippen molar-refractivity contribution in [1.29, 1.82) is 0 Å². The minimum atomic E-state index is 0.0924. The molecule has 0 aliphatic heterocycles. The Morgan fingerprint density at radius 3 is 2.58 bits per heavy atom. The first-order chi connectivity index (χ1) is 9.08. The maximum Gasteiger partial charge on any atom is 0.224 e. The van der Waals surface area contributed by atoms with Gasteiger partial charge in [0.1, 0.15) is 5.15 Å². The average Bonchev–Trinajstić information content (AvgIpc) is 2.41. The highest BCUT2D eigenvalue weighted by atomic mass is 35.5. The standard InChI is InChI=1S/C15H14Cl2N2/c1-15(10-5-3-2-4-6-10)8-7-12-11(9-15)13(16)19-14(17)18-12/h2-6H,7-9H2,1H3/t15-/m1/s1. The first-order valence-electron chi connectivity index (χ1n) is 6.35. The predicted molar refractivity (Wildman–Crippen MR) is 77.9 cm³/mol. The lowest BCUT2D eigenvalue weighted by molar-refractivity contribution is 0.403. The summed E-state index contributed by atoms with van der Waals surface area (Å²) in [6.07, 6.45) is 2.80. The zero-order valence-corrected chi connectivity index (χ0v) is 12.2. The SMILES string of the molecule is C[C@@]1(c2ccccc2)CCc2nc(Cl)nc(Cl)c2C1. The molecule has 1 aromatic carbocycles. The molecular weight excluding hydrogens is 279 g/mol. The summed E-state index contributed by atoms with van der Waals surface area (Å²) in [5.41, 5.74) is 3.48. The zero-order valence-electron chi connectivity index (χ0n) is 10.7. The van der Waals surface area contributed by atoms with Crippen LogP contribution in [0.2, 0.25) is 10.4 Å². The van der Waals surface area contributed by atoms with E-state index in [2.05, 4.69) is 41.2 Å². The number of aryl methyl sites for hydroxylation is 1. The Morgan fingerprint density at radius 2 is 1.84 bits per heavy atom. The van der Waals surface area contributed by atoms with E-state index >= 15 is 0 Å². The van der Waals surface area contributed by atoms with Crippen LogP contribution in [-0.4, -0.2) is 9.97 Å². The van der Waals surface area contributed by atoms with Crippen LogP contribution in [-0.2, 0) is 18.3 Å². The third-order valence-corrected chi connectivity index (χ3v) is 4.45. The van der Waals surface area contributed by atoms with Gasteiger partial charge in [-0.05, 0) is 41.8 Å². The van der Waals surface area contributed by atoms with E-state index in [1.807, 2.05) is 6.07 Å². The zero-order chi connectivity index (χ0) is 13.5. The summed E-state index contributed by atoms with van der Waals surface area (Å²) in [4.78, 5) is 8.37. The molecule has 0 amide bonds. The normalized spacial score (nSPS) is 22.1. The quantitative estimate of drug-likeness (QED) is 0.581. The van der Waals surface area contributed by atoms with E-state index in [1.165, 1.54) is 5.56 Å². The van der Waals surface area contributed by atoms with Crippen LogP contribution in [0.3, 0.4) is 0 Å². The van der Waals surface area contributed by atoms with Crippen molar-refractivity contribution in [3.63, 3.8) is 0 Å². The molecule has 0 fully saturated rings. The Balaban J connectivity index is 2.02. The number of nitrogens with zero attached hydrogens (tertiary/aromatic N) is 2. The van der Waals surface area contributed by atoms with E-state index in [0.29, 0.717) is 5.15 Å². The van der Waals surface area contributed by atoms with Gasteiger partial charge in [-0.1, -0.05) is 48.9 Å². The smallest absolute Gasteiger partial charge is 0.223 e. The van der Waals surface area contributed by atoms with Gasteiger partial charge in [0.05, 0.1) is 5.69 Å². The lowest BCUT2D eigenvalue weighted by Crippen LogP contribution is -2.31. The predicted octanol–water partition coefficient (Wildman–Crippen LogP) is 4.23. The van der Waals surface area contributed by atoms with Gasteiger partial charge in [-0.3, -0.25) is 0 Å². The molecule has 0 radical (unpaired) electrons. The van der Waals surface area contributed by atoms with Crippen LogP contribution < -0.4 is 0 Å². The summed E-state index contributed by atoms with van der Waals surface area (Å²) < 4.78 is 0. The van der Waals surface area contributed by atoms with Gasteiger partial charge in [0.15, 0.2) is 0 Å². The minimum absolute atomic E-state index is 0.0924. The van der Waals surface area contributed by atoms with Gasteiger partial charge in [-0.2, -0.15) is 0 Å². The van der Waals surface area contributed by atoms with Crippen molar-refractivity contribution in [1.82, 2.24) is 9.97 Å². The van der Waals surface area contributed by atoms with E-state index in [9.17, 15) is 0 Å². The van der Waals surface area contributed by atoms with Gasteiger partial charge in [0.2, 0.25) is 5.28 Å². The van der Waals surface area contributed by atoms with Gasteiger partial charge < -0.3 is 0 Å². The fourth-order valence-corrected chi connectivity index (χ4v) is 3.30. The number of fused-ring (bicyclic) bond motifs is 1. The first-order valence-corrected chi connectivity index (χ1v) is 7.10. The van der Waals surface area contributed by atoms with Crippen LogP contribution >= 0.6 is 23.2 Å². The molecule has 2 nitrogen and oxygen atoms in total. The van der Waals surface area contributed by atoms with Crippen LogP contribution in [0, 0.1) is 0 Å². The van der Waals surface area contributed by atoms with Crippen molar-refractivity contribution >= 4 is 23.2 Å². The second-order valence-corrected chi connectivity index (χ2v) is 6.01. The molecule has 0 unspecified atom stereocenters. The second-order valence-electron chi connectivity index (χ2n) is 5.31. The van der Waals surface area contributed by atoms with E-state index in [4.69, 9.17) is 23.2 Å². The Labute approximate surface area is 122 Å². The molecule has 0 saturated heterocycles. The summed E-state index contributed by atoms with van der Waals surface area (Å²) in [6.45, 7) is 2.27. The van der Waals surface area contributed by atoms with Crippen LogP contribution in [0.25, 0.3) is 0 Å². The van der Waals surface area contributed by atoms with Crippen molar-refractivity contribution in [3.05, 3.63) is 57.6 Å². The number of aromatic nitrogens is 2. The van der Waals surface area contributed by atoms with E-state index < -0.39 is 0 Å². The number of hydrogen-bond donors (Lipinski definition) is 0. The third kappa shape index (κ3) is 2.35. The summed E-state index contributed by atoms with van der Waals surface area (Å²) in [7, 11) is 0. The van der Waals surface area contributed by atoms with Crippen LogP contribution in [0.5, 0.6) is 0 Å². The minimum Gasteiger partial charge on any atom is -0.223 e. The molecule has 1 atom stereocenters. The molecule has 1 aromatic heterocycles. The van der Waals surface area contributed by atoms with Crippen LogP contribution in [0.15, 0.2) is 30.3 Å². The second kappa shape index (κ2) is 4.77. The summed E-state index contributed by atoms with van der Waals surface area (Å²) in [5.74, 6) is 0. The van der Waals surface area contributed by atoms with E-state index in [0.717, 1.165) is 30.5 Å². The number of halogens is 2. The molecule has 2 aromatic rings. The van der Waals surface area contributed by atoms with Crippen molar-refractivity contribution in [3.8, 4) is 0 Å². The molecule has 0 N–H and O–H groups in total. The molecule has 1 aliphatic carbocycles. The average molecular weight is 293 g/mol. The first kappa shape index (κ1) is 12.9. The van der Waals surface area contributed by atoms with Crippen molar-refractivity contribution in [2.24, 2.45) is 0 Å². The lowest BCUT2D eigenvalue weighted by atomic mass is 9.70. The molecule has 0 spiro atoms. The molecule has 3 rings (SSSR count). The molecule has 1 aliphatic rings. The van der Waals surface area contributed by atoms with Crippen LogP contribution in [0.1, 0.15) is 30.2 Å². The number of rotatable bonds is 1. The highest BCUT2D eigenvalue weighted by Crippen LogP contribution is 2.39. The largest absolute Gasteiger partial charge is 0.224 e. The Kier molecular flexibility index (Phi) is 3.23. The van der Waals surface area contributed by atoms with Gasteiger partial charge >= 0.3 is 0 Å². The lowest BCUT2D eigenvalue weighted by Gasteiger charge is -2.35. The van der Waals surface area contributed by atoms with Gasteiger partial charge in [0.25, 0.3) is 0 Å². The van der Waals surface area contributed by atoms with Gasteiger partial charge in [-0.25, -0.2) is 9.97 Å². The van der Waals surface area contributed by atoms with Gasteiger partial charge in [0, 0.05) is 5.56 Å². The molecular formula is C15H14Cl2N2. The summed E-state index contributed by atoms with van der Waals surface area (Å²) >= 11 is 12.1. The fourth-order valence-electron chi connectivity index (χ4n) is 2.81. The Hall–Kier alpha value is -1.12.